The van der Waals surface area contributed by atoms with Crippen molar-refractivity contribution in [3.8, 4) is 33.4 Å². The predicted octanol–water partition coefficient (Wildman–Crippen LogP) is 15.5. The number of anilines is 3. The lowest BCUT2D eigenvalue weighted by Crippen LogP contribution is -2.10. The fourth-order valence-corrected chi connectivity index (χ4v) is 7.98. The van der Waals surface area contributed by atoms with Gasteiger partial charge in [0.2, 0.25) is 0 Å². The van der Waals surface area contributed by atoms with Crippen LogP contribution >= 0.6 is 0 Å². The van der Waals surface area contributed by atoms with Crippen LogP contribution in [-0.4, -0.2) is 0 Å². The minimum absolute atomic E-state index is 0.0931. The van der Waals surface area contributed by atoms with Crippen LogP contribution < -0.4 is 4.90 Å². The van der Waals surface area contributed by atoms with E-state index in [9.17, 15) is 11.0 Å². The molecule has 0 aliphatic carbocycles. The quantitative estimate of drug-likeness (QED) is 0.170. The molecule has 0 saturated carbocycles. The Labute approximate surface area is 336 Å². The van der Waals surface area contributed by atoms with Crippen LogP contribution in [0.15, 0.2) is 217 Å². The molecule has 11 aromatic rings. The lowest BCUT2D eigenvalue weighted by atomic mass is 9.95. The van der Waals surface area contributed by atoms with Gasteiger partial charge in [-0.1, -0.05) is 164 Å². The van der Waals surface area contributed by atoms with E-state index in [1.54, 1.807) is 30.3 Å². The Morgan fingerprint density at radius 1 is 0.411 bits per heavy atom. The Hall–Kier alpha value is -7.42. The highest BCUT2D eigenvalue weighted by Crippen LogP contribution is 2.45. The van der Waals surface area contributed by atoms with Crippen LogP contribution in [0.2, 0.25) is 0 Å². The van der Waals surface area contributed by atoms with Gasteiger partial charge in [-0.25, -0.2) is 0 Å². The Balaban J connectivity index is 1.21. The maximum absolute atomic E-state index is 9.99. The van der Waals surface area contributed by atoms with Crippen molar-refractivity contribution in [3.05, 3.63) is 212 Å². The number of fused-ring (bicyclic) bond motifs is 7. The molecular weight excluding hydrogens is 679 g/mol. The molecule has 11 rings (SSSR count). The third-order valence-electron chi connectivity index (χ3n) is 10.6. The van der Waals surface area contributed by atoms with E-state index in [-0.39, 0.29) is 46.7 Å². The molecule has 0 aliphatic heterocycles. The van der Waals surface area contributed by atoms with Gasteiger partial charge in [0.15, 0.2) is 0 Å². The summed E-state index contributed by atoms with van der Waals surface area (Å²) >= 11 is 0. The Kier molecular flexibility index (Phi) is 5.83. The number of furan rings is 1. The Morgan fingerprint density at radius 3 is 1.77 bits per heavy atom. The van der Waals surface area contributed by atoms with E-state index < -0.39 is 24.2 Å². The Morgan fingerprint density at radius 2 is 1.02 bits per heavy atom. The third-order valence-corrected chi connectivity index (χ3v) is 10.6. The molecule has 0 aliphatic rings. The van der Waals surface area contributed by atoms with Crippen LogP contribution in [0.4, 0.5) is 17.1 Å². The molecule has 0 unspecified atom stereocenters. The molecular formula is C54H35NO. The topological polar surface area (TPSA) is 16.4 Å². The number of benzene rings is 10. The Bertz CT molecular complexity index is 3710. The molecule has 0 saturated heterocycles. The zero-order valence-corrected chi connectivity index (χ0v) is 29.9. The molecule has 2 nitrogen and oxygen atoms in total. The van der Waals surface area contributed by atoms with E-state index in [0.29, 0.717) is 38.8 Å². The zero-order chi connectivity index (χ0) is 44.0. The second-order valence-corrected chi connectivity index (χ2v) is 13.8. The van der Waals surface area contributed by atoms with Crippen molar-refractivity contribution in [1.82, 2.24) is 0 Å². The van der Waals surface area contributed by atoms with Crippen molar-refractivity contribution in [3.63, 3.8) is 0 Å². The van der Waals surface area contributed by atoms with Gasteiger partial charge < -0.3 is 9.32 Å². The fourth-order valence-electron chi connectivity index (χ4n) is 7.98. The molecule has 56 heavy (non-hydrogen) atoms. The van der Waals surface area contributed by atoms with Gasteiger partial charge >= 0.3 is 0 Å². The smallest absolute Gasteiger partial charge is 0.143 e. The second kappa shape index (κ2) is 13.2. The van der Waals surface area contributed by atoms with Gasteiger partial charge in [-0.05, 0) is 109 Å². The van der Waals surface area contributed by atoms with Crippen LogP contribution in [0, 0.1) is 0 Å². The van der Waals surface area contributed by atoms with Gasteiger partial charge in [-0.15, -0.1) is 0 Å². The first-order valence-corrected chi connectivity index (χ1v) is 18.5. The summed E-state index contributed by atoms with van der Waals surface area (Å²) < 4.78 is 83.5. The van der Waals surface area contributed by atoms with Crippen molar-refractivity contribution in [1.29, 1.82) is 0 Å². The highest BCUT2D eigenvalue weighted by atomic mass is 16.3. The molecule has 0 atom stereocenters. The van der Waals surface area contributed by atoms with E-state index in [0.717, 1.165) is 43.4 Å². The third kappa shape index (κ3) is 5.34. The number of nitrogens with zero attached hydrogens (tertiary/aromatic N) is 1. The summed E-state index contributed by atoms with van der Waals surface area (Å²) in [6.45, 7) is 0. The number of rotatable bonds is 6. The van der Waals surface area contributed by atoms with Crippen LogP contribution in [0.5, 0.6) is 0 Å². The average molecular weight is 722 g/mol. The maximum Gasteiger partial charge on any atom is 0.143 e. The van der Waals surface area contributed by atoms with Crippen LogP contribution in [-0.2, 0) is 0 Å². The molecule has 0 radical (unpaired) electrons. The molecule has 0 amide bonds. The van der Waals surface area contributed by atoms with E-state index in [1.807, 2.05) is 133 Å². The summed E-state index contributed by atoms with van der Waals surface area (Å²) in [6.07, 6.45) is 0. The second-order valence-electron chi connectivity index (χ2n) is 13.8. The van der Waals surface area contributed by atoms with Gasteiger partial charge in [-0.2, -0.15) is 0 Å². The van der Waals surface area contributed by atoms with Crippen molar-refractivity contribution in [2.75, 3.05) is 4.90 Å². The molecule has 0 bridgehead atoms. The van der Waals surface area contributed by atoms with Gasteiger partial charge in [-0.3, -0.25) is 0 Å². The molecule has 1 heterocycles. The highest BCUT2D eigenvalue weighted by Gasteiger charge is 2.21. The molecule has 2 heteroatoms. The first-order valence-electron chi connectivity index (χ1n) is 22.5. The van der Waals surface area contributed by atoms with Crippen molar-refractivity contribution in [2.45, 2.75) is 0 Å². The summed E-state index contributed by atoms with van der Waals surface area (Å²) in [5, 5.41) is 6.78. The van der Waals surface area contributed by atoms with E-state index >= 15 is 0 Å². The molecule has 10 aromatic carbocycles. The standard InChI is InChI=1S/C54H35NO/c1-4-21-45-37(12-1)15-9-24-47(45)41-18-7-17-40(34-41)36-28-31-43(32-29-36)55(44-20-8-19-42(35-44)48-25-10-16-38-13-2-5-22-46(38)48)51-26-11-27-52-53(51)50-33-30-39-14-3-6-23-49(39)54(50)56-52/h1-35H/i8D,19D,20D,28D,29D,31D,32D,35D. The van der Waals surface area contributed by atoms with E-state index in [4.69, 9.17) is 4.42 Å². The minimum Gasteiger partial charge on any atom is -0.455 e. The highest BCUT2D eigenvalue weighted by molar-refractivity contribution is 6.19. The number of hydrogen-bond donors (Lipinski definition) is 0. The summed E-state index contributed by atoms with van der Waals surface area (Å²) in [7, 11) is 0. The summed E-state index contributed by atoms with van der Waals surface area (Å²) in [6, 6.07) is 48.8. The van der Waals surface area contributed by atoms with E-state index in [2.05, 4.69) is 0 Å². The van der Waals surface area contributed by atoms with Crippen molar-refractivity contribution >= 4 is 71.3 Å². The summed E-state index contributed by atoms with van der Waals surface area (Å²) in [5.74, 6) is 0. The van der Waals surface area contributed by atoms with E-state index in [1.165, 1.54) is 4.90 Å². The fraction of sp³-hybridized carbons (Fsp3) is 0. The zero-order valence-electron chi connectivity index (χ0n) is 37.9. The predicted molar refractivity (Wildman–Crippen MR) is 237 cm³/mol. The first-order chi connectivity index (χ1) is 31.1. The number of hydrogen-bond acceptors (Lipinski definition) is 2. The van der Waals surface area contributed by atoms with Gasteiger partial charge in [0, 0.05) is 22.1 Å². The van der Waals surface area contributed by atoms with Gasteiger partial charge in [0.25, 0.3) is 0 Å². The van der Waals surface area contributed by atoms with Gasteiger partial charge in [0.05, 0.1) is 22.0 Å². The SMILES string of the molecule is [2H]c1c([2H])c(-c2cccc3ccccc23)c([2H])c(N(c2c([2H])c([2H])c(-c3cccc(-c4cccc5ccccc45)c3)c([2H])c2[2H])c2cccc3oc4c5ccccc5ccc4c23)c1[2H]. The molecule has 0 spiro atoms. The molecule has 1 aromatic heterocycles. The lowest BCUT2D eigenvalue weighted by Gasteiger charge is -2.27. The largest absolute Gasteiger partial charge is 0.455 e. The summed E-state index contributed by atoms with van der Waals surface area (Å²) in [5.41, 5.74) is 4.00. The van der Waals surface area contributed by atoms with Gasteiger partial charge in [0.1, 0.15) is 11.2 Å². The first kappa shape index (κ1) is 24.8. The molecule has 262 valence electrons. The van der Waals surface area contributed by atoms with Crippen LogP contribution in [0.3, 0.4) is 0 Å². The maximum atomic E-state index is 9.99. The van der Waals surface area contributed by atoms with Crippen LogP contribution in [0.25, 0.3) is 87.6 Å². The average Bonchev–Trinajstić information content (AvgIpc) is 3.72. The monoisotopic (exact) mass is 721 g/mol. The lowest BCUT2D eigenvalue weighted by molar-refractivity contribution is 0.672. The van der Waals surface area contributed by atoms with Crippen molar-refractivity contribution < 1.29 is 15.4 Å². The van der Waals surface area contributed by atoms with Crippen LogP contribution in [0.1, 0.15) is 11.0 Å². The molecule has 0 N–H and O–H groups in total. The molecule has 0 fully saturated rings. The van der Waals surface area contributed by atoms with Crippen molar-refractivity contribution in [2.24, 2.45) is 0 Å². The summed E-state index contributed by atoms with van der Waals surface area (Å²) in [4.78, 5) is 1.42. The minimum atomic E-state index is -0.474. The normalized spacial score (nSPS) is 13.6.